The summed E-state index contributed by atoms with van der Waals surface area (Å²) < 4.78 is 5.70. The Hall–Kier alpha value is -3.60. The number of esters is 1. The molecule has 4 rings (SSSR count). The van der Waals surface area contributed by atoms with Crippen molar-refractivity contribution in [2.45, 2.75) is 18.9 Å². The molecule has 0 bridgehead atoms. The number of carbonyl (C=O) groups is 2. The number of hydrogen-bond acceptors (Lipinski definition) is 4. The fourth-order valence-electron chi connectivity index (χ4n) is 4.13. The monoisotopic (exact) mass is 428 g/mol. The molecule has 1 atom stereocenters. The second kappa shape index (κ2) is 10.1. The third-order valence-electron chi connectivity index (χ3n) is 5.85. The van der Waals surface area contributed by atoms with Crippen LogP contribution in [0.25, 0.3) is 0 Å². The van der Waals surface area contributed by atoms with E-state index in [0.29, 0.717) is 13.1 Å². The Morgan fingerprint density at radius 3 is 1.69 bits per heavy atom. The molecule has 0 N–H and O–H groups in total. The third kappa shape index (κ3) is 4.99. The van der Waals surface area contributed by atoms with Crippen molar-refractivity contribution < 1.29 is 14.3 Å². The van der Waals surface area contributed by atoms with Gasteiger partial charge in [-0.05, 0) is 30.2 Å². The predicted octanol–water partition coefficient (Wildman–Crippen LogP) is 4.10. The van der Waals surface area contributed by atoms with Gasteiger partial charge in [0.2, 0.25) is 0 Å². The van der Waals surface area contributed by atoms with Gasteiger partial charge in [0.15, 0.2) is 6.10 Å². The fourth-order valence-corrected chi connectivity index (χ4v) is 4.13. The number of hydrogen-bond donors (Lipinski definition) is 0. The van der Waals surface area contributed by atoms with Crippen LogP contribution < -0.4 is 4.90 Å². The lowest BCUT2D eigenvalue weighted by molar-refractivity contribution is -0.159. The molecule has 32 heavy (non-hydrogen) atoms. The summed E-state index contributed by atoms with van der Waals surface area (Å²) in [6.45, 7) is 4.39. The molecule has 1 fully saturated rings. The van der Waals surface area contributed by atoms with Gasteiger partial charge in [-0.25, -0.2) is 0 Å². The van der Waals surface area contributed by atoms with Gasteiger partial charge < -0.3 is 14.5 Å². The summed E-state index contributed by atoms with van der Waals surface area (Å²) in [6.07, 6.45) is -0.833. The van der Waals surface area contributed by atoms with Crippen LogP contribution in [0.4, 0.5) is 5.69 Å². The molecule has 0 aliphatic carbocycles. The van der Waals surface area contributed by atoms with E-state index in [-0.39, 0.29) is 5.91 Å². The van der Waals surface area contributed by atoms with E-state index >= 15 is 0 Å². The number of rotatable bonds is 6. The highest BCUT2D eigenvalue weighted by Gasteiger charge is 2.31. The summed E-state index contributed by atoms with van der Waals surface area (Å²) >= 11 is 0. The Labute approximate surface area is 189 Å². The summed E-state index contributed by atoms with van der Waals surface area (Å²) in [5.74, 6) is -1.13. The van der Waals surface area contributed by atoms with Crippen LogP contribution in [0.2, 0.25) is 0 Å². The Morgan fingerprint density at radius 1 is 0.719 bits per heavy atom. The number of para-hydroxylation sites is 1. The first kappa shape index (κ1) is 21.6. The van der Waals surface area contributed by atoms with Crippen molar-refractivity contribution >= 4 is 17.6 Å². The van der Waals surface area contributed by atoms with Crippen LogP contribution in [-0.2, 0) is 14.3 Å². The number of benzene rings is 3. The van der Waals surface area contributed by atoms with Crippen molar-refractivity contribution in [2.75, 3.05) is 31.1 Å². The fraction of sp³-hybridized carbons (Fsp3) is 0.259. The molecule has 1 saturated heterocycles. The molecule has 1 heterocycles. The van der Waals surface area contributed by atoms with Gasteiger partial charge >= 0.3 is 5.97 Å². The summed E-state index contributed by atoms with van der Waals surface area (Å²) in [6, 6.07) is 29.3. The molecule has 1 aliphatic heterocycles. The summed E-state index contributed by atoms with van der Waals surface area (Å²) in [7, 11) is 0. The number of piperazine rings is 1. The molecule has 1 amide bonds. The molecule has 0 saturated carbocycles. The molecule has 0 radical (unpaired) electrons. The van der Waals surface area contributed by atoms with E-state index in [9.17, 15) is 9.59 Å². The molecule has 3 aromatic rings. The van der Waals surface area contributed by atoms with E-state index in [4.69, 9.17) is 4.74 Å². The quantitative estimate of drug-likeness (QED) is 0.555. The smallest absolute Gasteiger partial charge is 0.318 e. The molecular weight excluding hydrogens is 400 g/mol. The molecule has 1 unspecified atom stereocenters. The lowest BCUT2D eigenvalue weighted by Crippen LogP contribution is -2.51. The Kier molecular flexibility index (Phi) is 6.85. The van der Waals surface area contributed by atoms with Gasteiger partial charge in [-0.2, -0.15) is 0 Å². The largest absolute Gasteiger partial charge is 0.452 e. The molecule has 0 aromatic heterocycles. The molecule has 0 spiro atoms. The second-order valence-corrected chi connectivity index (χ2v) is 7.98. The summed E-state index contributed by atoms with van der Waals surface area (Å²) in [5, 5.41) is 0. The van der Waals surface area contributed by atoms with Gasteiger partial charge in [-0.1, -0.05) is 78.9 Å². The van der Waals surface area contributed by atoms with Gasteiger partial charge in [-0.15, -0.1) is 0 Å². The minimum absolute atomic E-state index is 0.147. The Balaban J connectivity index is 1.40. The van der Waals surface area contributed by atoms with E-state index in [2.05, 4.69) is 17.0 Å². The SMILES string of the molecule is CC(OC(=O)C(c1ccccc1)c1ccccc1)C(=O)N1CCN(c2ccccc2)CC1. The molecule has 164 valence electrons. The van der Waals surface area contributed by atoms with Crippen LogP contribution in [0, 0.1) is 0 Å². The maximum Gasteiger partial charge on any atom is 0.318 e. The van der Waals surface area contributed by atoms with Crippen LogP contribution in [0.15, 0.2) is 91.0 Å². The summed E-state index contributed by atoms with van der Waals surface area (Å²) in [5.41, 5.74) is 2.85. The van der Waals surface area contributed by atoms with Crippen molar-refractivity contribution in [1.29, 1.82) is 0 Å². The minimum Gasteiger partial charge on any atom is -0.452 e. The number of anilines is 1. The van der Waals surface area contributed by atoms with Gasteiger partial charge in [-0.3, -0.25) is 9.59 Å². The average molecular weight is 429 g/mol. The highest BCUT2D eigenvalue weighted by Crippen LogP contribution is 2.27. The average Bonchev–Trinajstić information content (AvgIpc) is 2.85. The van der Waals surface area contributed by atoms with E-state index in [1.54, 1.807) is 11.8 Å². The molecule has 5 heteroatoms. The van der Waals surface area contributed by atoms with E-state index in [1.807, 2.05) is 78.9 Å². The van der Waals surface area contributed by atoms with E-state index in [0.717, 1.165) is 29.9 Å². The first-order valence-electron chi connectivity index (χ1n) is 11.0. The van der Waals surface area contributed by atoms with Crippen LogP contribution >= 0.6 is 0 Å². The van der Waals surface area contributed by atoms with Crippen LogP contribution in [-0.4, -0.2) is 49.1 Å². The number of amides is 1. The van der Waals surface area contributed by atoms with E-state index in [1.165, 1.54) is 0 Å². The van der Waals surface area contributed by atoms with Crippen molar-refractivity contribution in [3.63, 3.8) is 0 Å². The standard InChI is InChI=1S/C27H28N2O3/c1-21(26(30)29-19-17-28(18-20-29)24-15-9-4-10-16-24)32-27(31)25(22-11-5-2-6-12-22)23-13-7-3-8-14-23/h2-16,21,25H,17-20H2,1H3. The third-order valence-corrected chi connectivity index (χ3v) is 5.85. The number of carbonyl (C=O) groups excluding carboxylic acids is 2. The number of ether oxygens (including phenoxy) is 1. The summed E-state index contributed by atoms with van der Waals surface area (Å²) in [4.78, 5) is 30.2. The molecule has 1 aliphatic rings. The lowest BCUT2D eigenvalue weighted by Gasteiger charge is -2.37. The maximum absolute atomic E-state index is 13.2. The second-order valence-electron chi connectivity index (χ2n) is 7.98. The van der Waals surface area contributed by atoms with Crippen LogP contribution in [0.1, 0.15) is 24.0 Å². The first-order valence-corrected chi connectivity index (χ1v) is 11.0. The van der Waals surface area contributed by atoms with Crippen LogP contribution in [0.3, 0.4) is 0 Å². The van der Waals surface area contributed by atoms with Gasteiger partial charge in [0, 0.05) is 31.9 Å². The zero-order chi connectivity index (χ0) is 22.3. The van der Waals surface area contributed by atoms with Crippen molar-refractivity contribution in [3.8, 4) is 0 Å². The Morgan fingerprint density at radius 2 is 1.19 bits per heavy atom. The van der Waals surface area contributed by atoms with Gasteiger partial charge in [0.1, 0.15) is 5.92 Å². The normalized spacial score (nSPS) is 14.8. The molecule has 3 aromatic carbocycles. The first-order chi connectivity index (χ1) is 15.6. The highest BCUT2D eigenvalue weighted by atomic mass is 16.5. The lowest BCUT2D eigenvalue weighted by atomic mass is 9.91. The maximum atomic E-state index is 13.2. The molecular formula is C27H28N2O3. The van der Waals surface area contributed by atoms with Gasteiger partial charge in [0.25, 0.3) is 5.91 Å². The zero-order valence-electron chi connectivity index (χ0n) is 18.3. The van der Waals surface area contributed by atoms with Gasteiger partial charge in [0.05, 0.1) is 0 Å². The van der Waals surface area contributed by atoms with Crippen molar-refractivity contribution in [3.05, 3.63) is 102 Å². The minimum atomic E-state index is -0.833. The van der Waals surface area contributed by atoms with Crippen molar-refractivity contribution in [2.24, 2.45) is 0 Å². The van der Waals surface area contributed by atoms with Crippen LogP contribution in [0.5, 0.6) is 0 Å². The predicted molar refractivity (Wildman–Crippen MR) is 126 cm³/mol. The van der Waals surface area contributed by atoms with Crippen molar-refractivity contribution in [1.82, 2.24) is 4.90 Å². The van der Waals surface area contributed by atoms with E-state index < -0.39 is 18.0 Å². The molecule has 5 nitrogen and oxygen atoms in total. The number of nitrogens with zero attached hydrogens (tertiary/aromatic N) is 2. The zero-order valence-corrected chi connectivity index (χ0v) is 18.3. The highest BCUT2D eigenvalue weighted by molar-refractivity contribution is 5.87. The topological polar surface area (TPSA) is 49.9 Å². The Bertz CT molecular complexity index is 977.